The van der Waals surface area contributed by atoms with E-state index in [1.54, 1.807) is 6.07 Å². The van der Waals surface area contributed by atoms with Crippen molar-refractivity contribution in [3.05, 3.63) is 63.5 Å². The van der Waals surface area contributed by atoms with Crippen LogP contribution in [0.25, 0.3) is 0 Å². The van der Waals surface area contributed by atoms with Gasteiger partial charge in [0.1, 0.15) is 5.82 Å². The van der Waals surface area contributed by atoms with E-state index in [0.29, 0.717) is 15.2 Å². The quantitative estimate of drug-likeness (QED) is 0.795. The number of halogens is 2. The van der Waals surface area contributed by atoms with E-state index in [2.05, 4.69) is 17.4 Å². The molecular formula is C16H13FINO. The maximum atomic E-state index is 13.0. The second-order valence-electron chi connectivity index (χ2n) is 4.97. The van der Waals surface area contributed by atoms with Crippen LogP contribution in [-0.4, -0.2) is 5.91 Å². The van der Waals surface area contributed by atoms with Crippen molar-refractivity contribution in [1.29, 1.82) is 0 Å². The number of rotatable bonds is 3. The molecule has 2 aromatic rings. The Morgan fingerprint density at radius 2 is 1.95 bits per heavy atom. The van der Waals surface area contributed by atoms with Crippen LogP contribution in [0.15, 0.2) is 48.5 Å². The molecule has 0 heterocycles. The molecule has 0 saturated heterocycles. The van der Waals surface area contributed by atoms with Crippen molar-refractivity contribution >= 4 is 34.2 Å². The van der Waals surface area contributed by atoms with Gasteiger partial charge in [-0.1, -0.05) is 30.3 Å². The zero-order valence-electron chi connectivity index (χ0n) is 10.6. The molecule has 0 radical (unpaired) electrons. The average molecular weight is 381 g/mol. The van der Waals surface area contributed by atoms with Gasteiger partial charge in [-0.3, -0.25) is 4.79 Å². The van der Waals surface area contributed by atoms with Crippen molar-refractivity contribution in [2.24, 2.45) is 5.92 Å². The predicted molar refractivity (Wildman–Crippen MR) is 85.0 cm³/mol. The van der Waals surface area contributed by atoms with Gasteiger partial charge in [-0.25, -0.2) is 4.39 Å². The van der Waals surface area contributed by atoms with Gasteiger partial charge in [0, 0.05) is 9.49 Å². The van der Waals surface area contributed by atoms with Crippen molar-refractivity contribution in [3.63, 3.8) is 0 Å². The number of carbonyl (C=O) groups excluding carboxylic acids is 1. The zero-order chi connectivity index (χ0) is 14.1. The summed E-state index contributed by atoms with van der Waals surface area (Å²) in [6.07, 6.45) is 0.883. The fraction of sp³-hybridized carbons (Fsp3) is 0.188. The zero-order valence-corrected chi connectivity index (χ0v) is 12.8. The number of anilines is 1. The van der Waals surface area contributed by atoms with E-state index < -0.39 is 0 Å². The normalized spacial score (nSPS) is 20.5. The highest BCUT2D eigenvalue weighted by molar-refractivity contribution is 14.1. The molecule has 0 aromatic heterocycles. The van der Waals surface area contributed by atoms with Gasteiger partial charge in [0.05, 0.1) is 5.69 Å². The lowest BCUT2D eigenvalue weighted by molar-refractivity contribution is -0.117. The van der Waals surface area contributed by atoms with E-state index in [1.807, 2.05) is 40.8 Å². The molecule has 1 aliphatic rings. The highest BCUT2D eigenvalue weighted by Gasteiger charge is 2.43. The molecule has 1 fully saturated rings. The molecule has 2 aromatic carbocycles. The van der Waals surface area contributed by atoms with Gasteiger partial charge in [0.2, 0.25) is 5.91 Å². The first-order valence-corrected chi connectivity index (χ1v) is 7.54. The SMILES string of the molecule is O=C(Nc1ccc(F)cc1I)C1CC1c1ccccc1. The molecule has 1 amide bonds. The fourth-order valence-corrected chi connectivity index (χ4v) is 2.98. The summed E-state index contributed by atoms with van der Waals surface area (Å²) in [6, 6.07) is 14.4. The molecule has 3 rings (SSSR count). The molecule has 2 atom stereocenters. The van der Waals surface area contributed by atoms with Gasteiger partial charge in [0.15, 0.2) is 0 Å². The number of benzene rings is 2. The Hall–Kier alpha value is -1.43. The largest absolute Gasteiger partial charge is 0.325 e. The Labute approximate surface area is 130 Å². The van der Waals surface area contributed by atoms with E-state index in [4.69, 9.17) is 0 Å². The monoisotopic (exact) mass is 381 g/mol. The highest BCUT2D eigenvalue weighted by Crippen LogP contribution is 2.47. The minimum atomic E-state index is -0.291. The topological polar surface area (TPSA) is 29.1 Å². The van der Waals surface area contributed by atoms with Crippen molar-refractivity contribution in [1.82, 2.24) is 0 Å². The van der Waals surface area contributed by atoms with Gasteiger partial charge in [-0.05, 0) is 58.7 Å². The van der Waals surface area contributed by atoms with Crippen LogP contribution in [0.1, 0.15) is 17.9 Å². The Morgan fingerprint density at radius 1 is 1.20 bits per heavy atom. The second kappa shape index (κ2) is 5.52. The van der Waals surface area contributed by atoms with Crippen molar-refractivity contribution in [3.8, 4) is 0 Å². The molecule has 1 N–H and O–H groups in total. The number of amides is 1. The molecule has 20 heavy (non-hydrogen) atoms. The van der Waals surface area contributed by atoms with Crippen LogP contribution >= 0.6 is 22.6 Å². The molecule has 0 aliphatic heterocycles. The average Bonchev–Trinajstić information content (AvgIpc) is 3.23. The molecule has 1 aliphatic carbocycles. The standard InChI is InChI=1S/C16H13FINO/c17-11-6-7-15(14(18)8-11)19-16(20)13-9-12(13)10-4-2-1-3-5-10/h1-8,12-13H,9H2,(H,19,20). The molecule has 102 valence electrons. The summed E-state index contributed by atoms with van der Waals surface area (Å²) in [6.45, 7) is 0. The van der Waals surface area contributed by atoms with E-state index in [0.717, 1.165) is 6.42 Å². The van der Waals surface area contributed by atoms with Gasteiger partial charge >= 0.3 is 0 Å². The molecule has 1 saturated carbocycles. The summed E-state index contributed by atoms with van der Waals surface area (Å²) in [5.41, 5.74) is 1.89. The van der Waals surface area contributed by atoms with Crippen LogP contribution < -0.4 is 5.32 Å². The third-order valence-electron chi connectivity index (χ3n) is 3.54. The predicted octanol–water partition coefficient (Wildman–Crippen LogP) is 4.17. The maximum absolute atomic E-state index is 13.0. The van der Waals surface area contributed by atoms with Crippen LogP contribution in [0, 0.1) is 15.3 Å². The van der Waals surface area contributed by atoms with Crippen molar-refractivity contribution in [2.75, 3.05) is 5.32 Å². The van der Waals surface area contributed by atoms with Gasteiger partial charge in [-0.15, -0.1) is 0 Å². The third-order valence-corrected chi connectivity index (χ3v) is 4.44. The lowest BCUT2D eigenvalue weighted by Crippen LogP contribution is -2.15. The van der Waals surface area contributed by atoms with Crippen molar-refractivity contribution in [2.45, 2.75) is 12.3 Å². The summed E-state index contributed by atoms with van der Waals surface area (Å²) < 4.78 is 13.7. The molecule has 4 heteroatoms. The number of hydrogen-bond acceptors (Lipinski definition) is 1. The molecular weight excluding hydrogens is 368 g/mol. The Balaban J connectivity index is 1.67. The minimum Gasteiger partial charge on any atom is -0.325 e. The third kappa shape index (κ3) is 2.85. The van der Waals surface area contributed by atoms with Crippen LogP contribution in [0.2, 0.25) is 0 Å². The second-order valence-corrected chi connectivity index (χ2v) is 6.13. The lowest BCUT2D eigenvalue weighted by Gasteiger charge is -2.07. The first-order chi connectivity index (χ1) is 9.65. The summed E-state index contributed by atoms with van der Waals surface area (Å²) in [4.78, 5) is 12.2. The summed E-state index contributed by atoms with van der Waals surface area (Å²) >= 11 is 2.03. The van der Waals surface area contributed by atoms with E-state index in [1.165, 1.54) is 17.7 Å². The molecule has 2 nitrogen and oxygen atoms in total. The molecule has 2 unspecified atom stereocenters. The van der Waals surface area contributed by atoms with Crippen LogP contribution in [0.5, 0.6) is 0 Å². The Morgan fingerprint density at radius 3 is 2.65 bits per heavy atom. The summed E-state index contributed by atoms with van der Waals surface area (Å²) in [5.74, 6) is 0.0666. The molecule has 0 bridgehead atoms. The van der Waals surface area contributed by atoms with Crippen LogP contribution in [0.4, 0.5) is 10.1 Å². The smallest absolute Gasteiger partial charge is 0.228 e. The number of carbonyl (C=O) groups is 1. The van der Waals surface area contributed by atoms with Gasteiger partial charge in [-0.2, -0.15) is 0 Å². The van der Waals surface area contributed by atoms with Crippen LogP contribution in [0.3, 0.4) is 0 Å². The summed E-state index contributed by atoms with van der Waals surface area (Å²) in [5, 5.41) is 2.89. The highest BCUT2D eigenvalue weighted by atomic mass is 127. The van der Waals surface area contributed by atoms with Crippen LogP contribution in [-0.2, 0) is 4.79 Å². The van der Waals surface area contributed by atoms with Gasteiger partial charge in [0.25, 0.3) is 0 Å². The fourth-order valence-electron chi connectivity index (χ4n) is 2.37. The lowest BCUT2D eigenvalue weighted by atomic mass is 10.1. The number of nitrogens with one attached hydrogen (secondary N) is 1. The first-order valence-electron chi connectivity index (χ1n) is 6.46. The maximum Gasteiger partial charge on any atom is 0.228 e. The molecule has 0 spiro atoms. The van der Waals surface area contributed by atoms with E-state index >= 15 is 0 Å². The minimum absolute atomic E-state index is 0.0170. The Bertz CT molecular complexity index is 644. The first kappa shape index (κ1) is 13.5. The van der Waals surface area contributed by atoms with E-state index in [9.17, 15) is 9.18 Å². The van der Waals surface area contributed by atoms with Gasteiger partial charge < -0.3 is 5.32 Å². The number of hydrogen-bond donors (Lipinski definition) is 1. The van der Waals surface area contributed by atoms with E-state index in [-0.39, 0.29) is 17.6 Å². The Kier molecular flexibility index (Phi) is 3.74. The summed E-state index contributed by atoms with van der Waals surface area (Å²) in [7, 11) is 0. The van der Waals surface area contributed by atoms with Crippen molar-refractivity contribution < 1.29 is 9.18 Å².